The maximum Gasteiger partial charge on any atom is 0.244 e. The molecule has 0 fully saturated rings. The Morgan fingerprint density at radius 3 is 2.53 bits per heavy atom. The van der Waals surface area contributed by atoms with Crippen molar-refractivity contribution in [1.82, 2.24) is 20.5 Å². The van der Waals surface area contributed by atoms with Gasteiger partial charge in [-0.25, -0.2) is 4.99 Å². The van der Waals surface area contributed by atoms with Crippen LogP contribution in [0.1, 0.15) is 18.2 Å². The lowest BCUT2D eigenvalue weighted by Crippen LogP contribution is -2.39. The van der Waals surface area contributed by atoms with E-state index in [1.807, 2.05) is 49.4 Å². The summed E-state index contributed by atoms with van der Waals surface area (Å²) in [6, 6.07) is 13.8. The van der Waals surface area contributed by atoms with Gasteiger partial charge in [0.15, 0.2) is 5.96 Å². The lowest BCUT2D eigenvalue weighted by molar-refractivity contribution is -0.128. The molecule has 0 radical (unpaired) electrons. The van der Waals surface area contributed by atoms with E-state index in [2.05, 4.69) is 20.6 Å². The standard InChI is InChI=1S/C22H31N5O2.HI/c1-4-23-22(25-15-12-18-8-10-20(29-3)11-9-18)26-17-21(28)27(2)16-13-19-7-5-6-14-24-19;/h5-11,14H,4,12-13,15-17H2,1-3H3,(H2,23,25,26);1H. The molecule has 0 atom stereocenters. The van der Waals surface area contributed by atoms with E-state index in [1.54, 1.807) is 25.3 Å². The van der Waals surface area contributed by atoms with E-state index < -0.39 is 0 Å². The van der Waals surface area contributed by atoms with Gasteiger partial charge in [-0.05, 0) is 43.2 Å². The van der Waals surface area contributed by atoms with Crippen molar-refractivity contribution < 1.29 is 9.53 Å². The number of aromatic nitrogens is 1. The quantitative estimate of drug-likeness (QED) is 0.283. The summed E-state index contributed by atoms with van der Waals surface area (Å²) < 4.78 is 5.18. The maximum atomic E-state index is 12.4. The van der Waals surface area contributed by atoms with Gasteiger partial charge in [-0.1, -0.05) is 18.2 Å². The molecule has 0 spiro atoms. The van der Waals surface area contributed by atoms with Crippen molar-refractivity contribution in [3.05, 3.63) is 59.9 Å². The van der Waals surface area contributed by atoms with Gasteiger partial charge < -0.3 is 20.3 Å². The van der Waals surface area contributed by atoms with Crippen LogP contribution < -0.4 is 15.4 Å². The predicted molar refractivity (Wildman–Crippen MR) is 132 cm³/mol. The van der Waals surface area contributed by atoms with Gasteiger partial charge in [-0.15, -0.1) is 24.0 Å². The minimum atomic E-state index is -0.0201. The molecule has 0 unspecified atom stereocenters. The van der Waals surface area contributed by atoms with Crippen LogP contribution in [0.25, 0.3) is 0 Å². The summed E-state index contributed by atoms with van der Waals surface area (Å²) in [4.78, 5) is 22.8. The molecule has 2 N–H and O–H groups in total. The first-order valence-electron chi connectivity index (χ1n) is 9.91. The zero-order chi connectivity index (χ0) is 20.9. The Morgan fingerprint density at radius 2 is 1.90 bits per heavy atom. The van der Waals surface area contributed by atoms with Gasteiger partial charge in [0.2, 0.25) is 5.91 Å². The Hall–Kier alpha value is -2.36. The fourth-order valence-electron chi connectivity index (χ4n) is 2.68. The highest BCUT2D eigenvalue weighted by atomic mass is 127. The fraction of sp³-hybridized carbons (Fsp3) is 0.409. The summed E-state index contributed by atoms with van der Waals surface area (Å²) >= 11 is 0. The third kappa shape index (κ3) is 9.43. The molecule has 164 valence electrons. The molecule has 1 aromatic heterocycles. The van der Waals surface area contributed by atoms with Crippen molar-refractivity contribution in [3.8, 4) is 5.75 Å². The molecule has 1 amide bonds. The number of carbonyl (C=O) groups excluding carboxylic acids is 1. The molecule has 2 aromatic rings. The molecule has 0 saturated heterocycles. The number of guanidine groups is 1. The van der Waals surface area contributed by atoms with Gasteiger partial charge in [-0.2, -0.15) is 0 Å². The van der Waals surface area contributed by atoms with Crippen molar-refractivity contribution in [2.45, 2.75) is 19.8 Å². The number of ether oxygens (including phenoxy) is 1. The summed E-state index contributed by atoms with van der Waals surface area (Å²) in [5.41, 5.74) is 2.18. The number of rotatable bonds is 10. The highest BCUT2D eigenvalue weighted by Gasteiger charge is 2.09. The molecule has 1 aromatic carbocycles. The summed E-state index contributed by atoms with van der Waals surface area (Å²) in [6.07, 6.45) is 3.35. The summed E-state index contributed by atoms with van der Waals surface area (Å²) in [5, 5.41) is 6.45. The van der Waals surface area contributed by atoms with E-state index in [0.717, 1.165) is 37.4 Å². The van der Waals surface area contributed by atoms with Crippen molar-refractivity contribution in [3.63, 3.8) is 0 Å². The number of nitrogens with zero attached hydrogens (tertiary/aromatic N) is 3. The lowest BCUT2D eigenvalue weighted by atomic mass is 10.1. The first kappa shape index (κ1) is 25.7. The molecular weight excluding hydrogens is 493 g/mol. The monoisotopic (exact) mass is 525 g/mol. The minimum Gasteiger partial charge on any atom is -0.497 e. The van der Waals surface area contributed by atoms with E-state index in [1.165, 1.54) is 5.56 Å². The molecule has 1 heterocycles. The number of aliphatic imine (C=N–C) groups is 1. The Morgan fingerprint density at radius 1 is 1.13 bits per heavy atom. The van der Waals surface area contributed by atoms with Gasteiger partial charge in [-0.3, -0.25) is 9.78 Å². The van der Waals surface area contributed by atoms with Crippen LogP contribution in [0.5, 0.6) is 5.75 Å². The minimum absolute atomic E-state index is 0. The van der Waals surface area contributed by atoms with Crippen LogP contribution in [0, 0.1) is 0 Å². The number of halogens is 1. The second-order valence-electron chi connectivity index (χ2n) is 6.61. The second-order valence-corrected chi connectivity index (χ2v) is 6.61. The summed E-state index contributed by atoms with van der Waals surface area (Å²) in [6.45, 7) is 4.19. The lowest BCUT2D eigenvalue weighted by Gasteiger charge is -2.16. The van der Waals surface area contributed by atoms with Crippen LogP contribution in [0.4, 0.5) is 0 Å². The van der Waals surface area contributed by atoms with Crippen molar-refractivity contribution >= 4 is 35.8 Å². The van der Waals surface area contributed by atoms with E-state index >= 15 is 0 Å². The average Bonchev–Trinajstić information content (AvgIpc) is 2.76. The molecule has 2 rings (SSSR count). The van der Waals surface area contributed by atoms with Crippen LogP contribution in [0.15, 0.2) is 53.7 Å². The zero-order valence-corrected chi connectivity index (χ0v) is 20.3. The van der Waals surface area contributed by atoms with Crippen molar-refractivity contribution in [1.29, 1.82) is 0 Å². The zero-order valence-electron chi connectivity index (χ0n) is 17.9. The van der Waals surface area contributed by atoms with Gasteiger partial charge in [0, 0.05) is 45.0 Å². The molecule has 30 heavy (non-hydrogen) atoms. The SMILES string of the molecule is CCNC(=NCC(=O)N(C)CCc1ccccn1)NCCc1ccc(OC)cc1.I. The maximum absolute atomic E-state index is 12.4. The van der Waals surface area contributed by atoms with E-state index in [4.69, 9.17) is 4.74 Å². The molecule has 7 nitrogen and oxygen atoms in total. The predicted octanol–water partition coefficient (Wildman–Crippen LogP) is 2.51. The number of hydrogen-bond donors (Lipinski definition) is 2. The Balaban J connectivity index is 0.00000450. The molecule has 0 aliphatic carbocycles. The van der Waals surface area contributed by atoms with E-state index in [0.29, 0.717) is 12.5 Å². The van der Waals surface area contributed by atoms with Gasteiger partial charge in [0.25, 0.3) is 0 Å². The molecule has 8 heteroatoms. The number of nitrogens with one attached hydrogen (secondary N) is 2. The molecule has 0 aliphatic rings. The fourth-order valence-corrected chi connectivity index (χ4v) is 2.68. The first-order chi connectivity index (χ1) is 14.1. The van der Waals surface area contributed by atoms with Gasteiger partial charge in [0.1, 0.15) is 12.3 Å². The van der Waals surface area contributed by atoms with Gasteiger partial charge >= 0.3 is 0 Å². The van der Waals surface area contributed by atoms with Gasteiger partial charge in [0.05, 0.1) is 7.11 Å². The number of hydrogen-bond acceptors (Lipinski definition) is 4. The number of methoxy groups -OCH3 is 1. The van der Waals surface area contributed by atoms with Crippen LogP contribution in [0.3, 0.4) is 0 Å². The smallest absolute Gasteiger partial charge is 0.244 e. The largest absolute Gasteiger partial charge is 0.497 e. The third-order valence-corrected chi connectivity index (χ3v) is 4.44. The number of pyridine rings is 1. The van der Waals surface area contributed by atoms with Crippen LogP contribution in [-0.4, -0.2) is 62.1 Å². The normalized spacial score (nSPS) is 10.7. The average molecular weight is 525 g/mol. The van der Waals surface area contributed by atoms with E-state index in [-0.39, 0.29) is 36.4 Å². The van der Waals surface area contributed by atoms with Crippen molar-refractivity contribution in [2.75, 3.05) is 40.3 Å². The topological polar surface area (TPSA) is 78.9 Å². The number of carbonyl (C=O) groups is 1. The Kier molecular flexibility index (Phi) is 12.5. The first-order valence-corrected chi connectivity index (χ1v) is 9.91. The third-order valence-electron chi connectivity index (χ3n) is 4.44. The highest BCUT2D eigenvalue weighted by molar-refractivity contribution is 14.0. The summed E-state index contributed by atoms with van der Waals surface area (Å²) in [5.74, 6) is 1.48. The molecule has 0 saturated carbocycles. The Labute approximate surface area is 196 Å². The van der Waals surface area contributed by atoms with Crippen LogP contribution in [-0.2, 0) is 17.6 Å². The van der Waals surface area contributed by atoms with Crippen LogP contribution >= 0.6 is 24.0 Å². The Bertz CT molecular complexity index is 769. The number of benzene rings is 1. The number of amides is 1. The molecular formula is C22H32IN5O2. The van der Waals surface area contributed by atoms with Crippen molar-refractivity contribution in [2.24, 2.45) is 4.99 Å². The summed E-state index contributed by atoms with van der Waals surface area (Å²) in [7, 11) is 3.46. The number of likely N-dealkylation sites (N-methyl/N-ethyl adjacent to an activating group) is 1. The van der Waals surface area contributed by atoms with Crippen LogP contribution in [0.2, 0.25) is 0 Å². The van der Waals surface area contributed by atoms with E-state index in [9.17, 15) is 4.79 Å². The highest BCUT2D eigenvalue weighted by Crippen LogP contribution is 2.11. The molecule has 0 aliphatic heterocycles. The second kappa shape index (κ2) is 14.6. The molecule has 0 bridgehead atoms.